The molecule has 2 aromatic heterocycles. The molecule has 0 bridgehead atoms. The zero-order chi connectivity index (χ0) is 16.7. The summed E-state index contributed by atoms with van der Waals surface area (Å²) < 4.78 is 15.4. The maximum atomic E-state index is 13.7. The summed E-state index contributed by atoms with van der Waals surface area (Å²) in [7, 11) is 1.81. The van der Waals surface area contributed by atoms with Crippen LogP contribution in [0.25, 0.3) is 11.3 Å². The average Bonchev–Trinajstić information content (AvgIpc) is 3.13. The Labute approximate surface area is 137 Å². The molecule has 0 unspecified atom stereocenters. The fourth-order valence-corrected chi connectivity index (χ4v) is 2.87. The molecule has 120 valence electrons. The number of pyridine rings is 1. The van der Waals surface area contributed by atoms with E-state index >= 15 is 0 Å². The van der Waals surface area contributed by atoms with Crippen LogP contribution in [0, 0.1) is 5.95 Å². The zero-order valence-corrected chi connectivity index (χ0v) is 13.0. The summed E-state index contributed by atoms with van der Waals surface area (Å²) in [6.07, 6.45) is 3.23. The van der Waals surface area contributed by atoms with E-state index in [2.05, 4.69) is 15.3 Å². The minimum absolute atomic E-state index is 0.0914. The molecular weight excluding hydrogens is 309 g/mol. The van der Waals surface area contributed by atoms with Crippen molar-refractivity contribution in [2.24, 2.45) is 7.05 Å². The van der Waals surface area contributed by atoms with Gasteiger partial charge in [0.2, 0.25) is 5.95 Å². The van der Waals surface area contributed by atoms with Gasteiger partial charge in [-0.15, -0.1) is 5.10 Å². The van der Waals surface area contributed by atoms with Gasteiger partial charge in [-0.2, -0.15) is 4.39 Å². The molecule has 1 amide bonds. The van der Waals surface area contributed by atoms with Crippen molar-refractivity contribution >= 4 is 5.91 Å². The van der Waals surface area contributed by atoms with Crippen molar-refractivity contribution in [1.29, 1.82) is 0 Å². The summed E-state index contributed by atoms with van der Waals surface area (Å²) >= 11 is 0. The summed E-state index contributed by atoms with van der Waals surface area (Å²) in [6, 6.07) is 9.45. The molecule has 0 N–H and O–H groups in total. The number of halogens is 1. The minimum atomic E-state index is -0.696. The first-order valence-electron chi connectivity index (χ1n) is 7.50. The van der Waals surface area contributed by atoms with Gasteiger partial charge < -0.3 is 4.90 Å². The number of benzene rings is 1. The molecule has 3 aromatic rings. The third-order valence-electron chi connectivity index (χ3n) is 4.08. The predicted octanol–water partition coefficient (Wildman–Crippen LogP) is 2.17. The van der Waals surface area contributed by atoms with Crippen LogP contribution in [0.1, 0.15) is 21.5 Å². The van der Waals surface area contributed by atoms with Gasteiger partial charge in [0.25, 0.3) is 5.91 Å². The first kappa shape index (κ1) is 14.5. The first-order valence-corrected chi connectivity index (χ1v) is 7.50. The third kappa shape index (κ3) is 2.44. The molecule has 1 aliphatic rings. The maximum Gasteiger partial charge on any atom is 0.259 e. The molecule has 7 heteroatoms. The van der Waals surface area contributed by atoms with Crippen LogP contribution in [0.4, 0.5) is 4.39 Å². The number of amides is 1. The SMILES string of the molecule is Cn1cc(-c2ccc(CN3Cc4ccnc(F)c4C3=O)cc2)nn1. The van der Waals surface area contributed by atoms with Gasteiger partial charge in [-0.3, -0.25) is 9.48 Å². The Balaban J connectivity index is 1.53. The number of nitrogens with zero attached hydrogens (tertiary/aromatic N) is 5. The van der Waals surface area contributed by atoms with Gasteiger partial charge in [0.1, 0.15) is 5.69 Å². The van der Waals surface area contributed by atoms with Crippen molar-refractivity contribution in [2.75, 3.05) is 0 Å². The van der Waals surface area contributed by atoms with E-state index in [0.717, 1.165) is 16.8 Å². The van der Waals surface area contributed by atoms with E-state index < -0.39 is 5.95 Å². The number of hydrogen-bond donors (Lipinski definition) is 0. The standard InChI is InChI=1S/C17H14FN5O/c1-22-10-14(20-21-22)12-4-2-11(3-5-12)8-23-9-13-6-7-19-16(18)15(13)17(23)24/h2-7,10H,8-9H2,1H3. The number of rotatable bonds is 3. The van der Waals surface area contributed by atoms with Crippen molar-refractivity contribution in [3.63, 3.8) is 0 Å². The van der Waals surface area contributed by atoms with Gasteiger partial charge in [0.15, 0.2) is 0 Å². The number of carbonyl (C=O) groups excluding carboxylic acids is 1. The van der Waals surface area contributed by atoms with E-state index in [4.69, 9.17) is 0 Å². The van der Waals surface area contributed by atoms with E-state index in [-0.39, 0.29) is 11.5 Å². The van der Waals surface area contributed by atoms with Crippen LogP contribution in [-0.4, -0.2) is 30.8 Å². The highest BCUT2D eigenvalue weighted by molar-refractivity contribution is 5.98. The third-order valence-corrected chi connectivity index (χ3v) is 4.08. The van der Waals surface area contributed by atoms with Crippen LogP contribution in [0.5, 0.6) is 0 Å². The summed E-state index contributed by atoms with van der Waals surface area (Å²) in [4.78, 5) is 17.5. The van der Waals surface area contributed by atoms with E-state index in [1.807, 2.05) is 37.5 Å². The molecule has 3 heterocycles. The highest BCUT2D eigenvalue weighted by atomic mass is 19.1. The molecule has 1 aromatic carbocycles. The zero-order valence-electron chi connectivity index (χ0n) is 13.0. The Hall–Kier alpha value is -3.09. The number of aromatic nitrogens is 4. The number of fused-ring (bicyclic) bond motifs is 1. The van der Waals surface area contributed by atoms with Gasteiger partial charge in [0, 0.05) is 31.9 Å². The van der Waals surface area contributed by atoms with E-state index in [1.165, 1.54) is 6.20 Å². The van der Waals surface area contributed by atoms with Crippen LogP contribution in [-0.2, 0) is 20.1 Å². The normalized spacial score (nSPS) is 13.4. The topological polar surface area (TPSA) is 63.9 Å². The number of carbonyl (C=O) groups is 1. The fraction of sp³-hybridized carbons (Fsp3) is 0.176. The lowest BCUT2D eigenvalue weighted by molar-refractivity contribution is 0.0762. The molecule has 0 radical (unpaired) electrons. The van der Waals surface area contributed by atoms with Crippen molar-refractivity contribution in [3.8, 4) is 11.3 Å². The Morgan fingerprint density at radius 1 is 1.21 bits per heavy atom. The largest absolute Gasteiger partial charge is 0.330 e. The van der Waals surface area contributed by atoms with Gasteiger partial charge in [-0.25, -0.2) is 4.98 Å². The molecule has 1 aliphatic heterocycles. The van der Waals surface area contributed by atoms with Crippen molar-refractivity contribution < 1.29 is 9.18 Å². The van der Waals surface area contributed by atoms with Crippen molar-refractivity contribution in [2.45, 2.75) is 13.1 Å². The molecule has 0 fully saturated rings. The second-order valence-corrected chi connectivity index (χ2v) is 5.77. The van der Waals surface area contributed by atoms with E-state index in [0.29, 0.717) is 18.7 Å². The molecule has 6 nitrogen and oxygen atoms in total. The lowest BCUT2D eigenvalue weighted by Crippen LogP contribution is -2.23. The van der Waals surface area contributed by atoms with Crippen LogP contribution in [0.2, 0.25) is 0 Å². The van der Waals surface area contributed by atoms with Crippen LogP contribution >= 0.6 is 0 Å². The Morgan fingerprint density at radius 2 is 2.00 bits per heavy atom. The van der Waals surface area contributed by atoms with Crippen molar-refractivity contribution in [1.82, 2.24) is 24.9 Å². The van der Waals surface area contributed by atoms with Gasteiger partial charge in [-0.1, -0.05) is 29.5 Å². The molecule has 4 rings (SSSR count). The van der Waals surface area contributed by atoms with Crippen LogP contribution in [0.3, 0.4) is 0 Å². The predicted molar refractivity (Wildman–Crippen MR) is 84.2 cm³/mol. The average molecular weight is 323 g/mol. The molecule has 0 atom stereocenters. The lowest BCUT2D eigenvalue weighted by atomic mass is 10.1. The molecule has 0 saturated heterocycles. The molecule has 0 spiro atoms. The Morgan fingerprint density at radius 3 is 2.67 bits per heavy atom. The Kier molecular flexibility index (Phi) is 3.34. The summed E-state index contributed by atoms with van der Waals surface area (Å²) in [5.41, 5.74) is 3.49. The molecule has 0 aliphatic carbocycles. The second-order valence-electron chi connectivity index (χ2n) is 5.77. The highest BCUT2D eigenvalue weighted by Crippen LogP contribution is 2.26. The molecular formula is C17H14FN5O. The maximum absolute atomic E-state index is 13.7. The molecule has 0 saturated carbocycles. The van der Waals surface area contributed by atoms with E-state index in [1.54, 1.807) is 15.6 Å². The van der Waals surface area contributed by atoms with Gasteiger partial charge in [0.05, 0.1) is 11.8 Å². The quantitative estimate of drug-likeness (QED) is 0.693. The second kappa shape index (κ2) is 5.52. The minimum Gasteiger partial charge on any atom is -0.330 e. The van der Waals surface area contributed by atoms with Crippen molar-refractivity contribution in [3.05, 3.63) is 65.4 Å². The number of aryl methyl sites for hydroxylation is 1. The summed E-state index contributed by atoms with van der Waals surface area (Å²) in [6.45, 7) is 0.827. The summed E-state index contributed by atoms with van der Waals surface area (Å²) in [5.74, 6) is -1.01. The number of hydrogen-bond acceptors (Lipinski definition) is 4. The monoisotopic (exact) mass is 323 g/mol. The Bertz CT molecular complexity index is 919. The summed E-state index contributed by atoms with van der Waals surface area (Å²) in [5, 5.41) is 7.98. The van der Waals surface area contributed by atoms with Crippen LogP contribution < -0.4 is 0 Å². The lowest BCUT2D eigenvalue weighted by Gasteiger charge is -2.15. The van der Waals surface area contributed by atoms with Crippen LogP contribution in [0.15, 0.2) is 42.7 Å². The van der Waals surface area contributed by atoms with Gasteiger partial charge in [-0.05, 0) is 17.2 Å². The fourth-order valence-electron chi connectivity index (χ4n) is 2.87. The smallest absolute Gasteiger partial charge is 0.259 e. The highest BCUT2D eigenvalue weighted by Gasteiger charge is 2.30. The van der Waals surface area contributed by atoms with E-state index in [9.17, 15) is 9.18 Å². The van der Waals surface area contributed by atoms with Gasteiger partial charge >= 0.3 is 0 Å². The first-order chi connectivity index (χ1) is 11.6. The molecule has 24 heavy (non-hydrogen) atoms.